The van der Waals surface area contributed by atoms with Gasteiger partial charge in [0.2, 0.25) is 0 Å². The van der Waals surface area contributed by atoms with Crippen molar-refractivity contribution in [1.29, 1.82) is 0 Å². The molecule has 0 spiro atoms. The van der Waals surface area contributed by atoms with Crippen LogP contribution in [0.3, 0.4) is 0 Å². The van der Waals surface area contributed by atoms with Gasteiger partial charge in [-0.25, -0.2) is 0 Å². The van der Waals surface area contributed by atoms with Crippen molar-refractivity contribution < 1.29 is 4.74 Å². The van der Waals surface area contributed by atoms with Crippen molar-refractivity contribution in [2.45, 2.75) is 16.1 Å². The lowest BCUT2D eigenvalue weighted by atomic mass is 9.81. The predicted octanol–water partition coefficient (Wildman–Crippen LogP) is 8.08. The van der Waals surface area contributed by atoms with Gasteiger partial charge in [-0.05, 0) is 47.0 Å². The number of halogens is 1. The average molecular weight is 468 g/mol. The minimum Gasteiger partial charge on any atom is -0.497 e. The van der Waals surface area contributed by atoms with E-state index in [4.69, 9.17) is 21.3 Å². The van der Waals surface area contributed by atoms with Crippen LogP contribution in [0.1, 0.15) is 33.4 Å². The molecule has 2 nitrogen and oxygen atoms in total. The molecule has 4 aromatic carbocycles. The van der Waals surface area contributed by atoms with Gasteiger partial charge in [0.25, 0.3) is 0 Å². The molecule has 0 radical (unpaired) electrons. The van der Waals surface area contributed by atoms with E-state index in [0.717, 1.165) is 27.1 Å². The molecule has 0 fully saturated rings. The van der Waals surface area contributed by atoms with E-state index in [1.54, 1.807) is 7.11 Å². The Hall–Kier alpha value is -3.01. The van der Waals surface area contributed by atoms with Crippen molar-refractivity contribution in [3.8, 4) is 5.75 Å². The average Bonchev–Trinajstić information content (AvgIpc) is 3.08. The zero-order chi connectivity index (χ0) is 22.4. The van der Waals surface area contributed by atoms with Gasteiger partial charge in [-0.3, -0.25) is 4.99 Å². The Balaban J connectivity index is 1.61. The molecule has 3 atom stereocenters. The van der Waals surface area contributed by atoms with E-state index in [0.29, 0.717) is 0 Å². The van der Waals surface area contributed by atoms with E-state index in [9.17, 15) is 0 Å². The van der Waals surface area contributed by atoms with Crippen LogP contribution >= 0.6 is 23.4 Å². The van der Waals surface area contributed by atoms with E-state index in [2.05, 4.69) is 78.9 Å². The second-order valence-corrected chi connectivity index (χ2v) is 10.0. The number of nitrogens with zero attached hydrogens (tertiary/aromatic N) is 1. The van der Waals surface area contributed by atoms with Gasteiger partial charge in [-0.15, -0.1) is 11.8 Å². The van der Waals surface area contributed by atoms with Crippen molar-refractivity contribution in [3.63, 3.8) is 0 Å². The van der Waals surface area contributed by atoms with Gasteiger partial charge in [0.15, 0.2) is 0 Å². The fourth-order valence-corrected chi connectivity index (χ4v) is 6.65. The van der Waals surface area contributed by atoms with Crippen LogP contribution in [0.4, 0.5) is 5.69 Å². The number of aliphatic imine (C=N–C) groups is 1. The molecular formula is C29H22ClNOS. The molecule has 4 heteroatoms. The Bertz CT molecular complexity index is 1350. The van der Waals surface area contributed by atoms with Gasteiger partial charge < -0.3 is 4.74 Å². The summed E-state index contributed by atoms with van der Waals surface area (Å²) in [5, 5.41) is 0.926. The molecule has 4 aromatic rings. The third-order valence-corrected chi connectivity index (χ3v) is 8.24. The number of ether oxygens (including phenoxy) is 1. The Morgan fingerprint density at radius 1 is 0.818 bits per heavy atom. The number of thioether (sulfide) groups is 1. The second-order valence-electron chi connectivity index (χ2n) is 8.42. The molecule has 0 amide bonds. The minimum absolute atomic E-state index is 0.173. The summed E-state index contributed by atoms with van der Waals surface area (Å²) in [5.41, 5.74) is 7.34. The van der Waals surface area contributed by atoms with Crippen molar-refractivity contribution >= 4 is 34.8 Å². The fourth-order valence-electron chi connectivity index (χ4n) is 5.11. The Labute approximate surface area is 203 Å². The largest absolute Gasteiger partial charge is 0.497 e. The van der Waals surface area contributed by atoms with Gasteiger partial charge >= 0.3 is 0 Å². The zero-order valence-electron chi connectivity index (χ0n) is 18.1. The van der Waals surface area contributed by atoms with Crippen LogP contribution in [0, 0.1) is 5.92 Å². The molecule has 6 rings (SSSR count). The van der Waals surface area contributed by atoms with Gasteiger partial charge in [-0.1, -0.05) is 78.3 Å². The summed E-state index contributed by atoms with van der Waals surface area (Å²) < 4.78 is 5.54. The van der Waals surface area contributed by atoms with E-state index < -0.39 is 0 Å². The van der Waals surface area contributed by atoms with E-state index in [1.807, 2.05) is 30.0 Å². The van der Waals surface area contributed by atoms with Crippen LogP contribution in [0.2, 0.25) is 5.02 Å². The van der Waals surface area contributed by atoms with E-state index >= 15 is 0 Å². The first-order valence-electron chi connectivity index (χ1n) is 11.1. The van der Waals surface area contributed by atoms with E-state index in [1.165, 1.54) is 22.3 Å². The summed E-state index contributed by atoms with van der Waals surface area (Å²) in [6.45, 7) is 0. The van der Waals surface area contributed by atoms with Crippen molar-refractivity contribution in [3.05, 3.63) is 124 Å². The smallest absolute Gasteiger partial charge is 0.120 e. The van der Waals surface area contributed by atoms with Crippen molar-refractivity contribution in [1.82, 2.24) is 0 Å². The zero-order valence-corrected chi connectivity index (χ0v) is 19.7. The van der Waals surface area contributed by atoms with Gasteiger partial charge in [0.1, 0.15) is 5.75 Å². The van der Waals surface area contributed by atoms with Gasteiger partial charge in [0.05, 0.1) is 18.5 Å². The van der Waals surface area contributed by atoms with Crippen molar-refractivity contribution in [2.75, 3.05) is 7.11 Å². The number of methoxy groups -OCH3 is 1. The first kappa shape index (κ1) is 20.6. The molecule has 162 valence electrons. The summed E-state index contributed by atoms with van der Waals surface area (Å²) >= 11 is 8.14. The standard InChI is InChI=1S/C29H22ClNOS/c1-32-21-15-16-24-25(17-21)33-29(19-11-13-20(30)14-12-19)27-26(18-7-3-2-4-8-18)22-9-5-6-10-23(22)28(27)31-24/h2-17,26-27,29H,1H3. The topological polar surface area (TPSA) is 21.6 Å². The number of fused-ring (bicyclic) bond motifs is 4. The van der Waals surface area contributed by atoms with Crippen molar-refractivity contribution in [2.24, 2.45) is 10.9 Å². The van der Waals surface area contributed by atoms with Crippen LogP contribution in [0.15, 0.2) is 107 Å². The summed E-state index contributed by atoms with van der Waals surface area (Å²) in [6, 6.07) is 34.1. The molecule has 1 aliphatic carbocycles. The number of hydrogen-bond donors (Lipinski definition) is 0. The molecule has 3 unspecified atom stereocenters. The van der Waals surface area contributed by atoms with Crippen LogP contribution in [-0.2, 0) is 0 Å². The monoisotopic (exact) mass is 467 g/mol. The molecule has 33 heavy (non-hydrogen) atoms. The Morgan fingerprint density at radius 2 is 1.58 bits per heavy atom. The molecule has 2 aliphatic rings. The third kappa shape index (κ3) is 3.56. The molecule has 0 aromatic heterocycles. The highest BCUT2D eigenvalue weighted by molar-refractivity contribution is 7.99. The molecule has 0 N–H and O–H groups in total. The molecule has 1 heterocycles. The number of rotatable bonds is 3. The molecule has 1 aliphatic heterocycles. The third-order valence-electron chi connectivity index (χ3n) is 6.59. The first-order valence-corrected chi connectivity index (χ1v) is 12.3. The maximum absolute atomic E-state index is 6.27. The summed E-state index contributed by atoms with van der Waals surface area (Å²) in [7, 11) is 1.71. The fraction of sp³-hybridized carbons (Fsp3) is 0.138. The lowest BCUT2D eigenvalue weighted by molar-refractivity contribution is 0.414. The molecular weight excluding hydrogens is 446 g/mol. The first-order chi connectivity index (χ1) is 16.2. The Kier molecular flexibility index (Phi) is 5.24. The van der Waals surface area contributed by atoms with E-state index in [-0.39, 0.29) is 17.1 Å². The van der Waals surface area contributed by atoms with Crippen LogP contribution in [-0.4, -0.2) is 12.8 Å². The lowest BCUT2D eigenvalue weighted by Crippen LogP contribution is -2.21. The predicted molar refractivity (Wildman–Crippen MR) is 137 cm³/mol. The van der Waals surface area contributed by atoms with Crippen LogP contribution in [0.25, 0.3) is 0 Å². The second kappa shape index (κ2) is 8.40. The molecule has 0 saturated carbocycles. The lowest BCUT2D eigenvalue weighted by Gasteiger charge is -2.29. The Morgan fingerprint density at radius 3 is 2.36 bits per heavy atom. The SMILES string of the molecule is COc1ccc2c(c1)SC(c1ccc(Cl)cc1)C1C(=N2)c2ccccc2C1c1ccccc1. The minimum atomic E-state index is 0.173. The van der Waals surface area contributed by atoms with Gasteiger partial charge in [0, 0.05) is 32.6 Å². The maximum atomic E-state index is 6.27. The maximum Gasteiger partial charge on any atom is 0.120 e. The summed E-state index contributed by atoms with van der Waals surface area (Å²) in [6.07, 6.45) is 0. The summed E-state index contributed by atoms with van der Waals surface area (Å²) in [5.74, 6) is 1.27. The quantitative estimate of drug-likeness (QED) is 0.303. The van der Waals surface area contributed by atoms with Crippen LogP contribution in [0.5, 0.6) is 5.75 Å². The number of hydrogen-bond acceptors (Lipinski definition) is 3. The highest BCUT2D eigenvalue weighted by Crippen LogP contribution is 2.57. The van der Waals surface area contributed by atoms with Gasteiger partial charge in [-0.2, -0.15) is 0 Å². The van der Waals surface area contributed by atoms with Crippen LogP contribution < -0.4 is 4.74 Å². The summed E-state index contributed by atoms with van der Waals surface area (Å²) in [4.78, 5) is 6.44. The molecule has 0 saturated heterocycles. The normalized spacial score (nSPS) is 20.8. The number of benzene rings is 4. The highest BCUT2D eigenvalue weighted by Gasteiger charge is 2.45. The molecule has 0 bridgehead atoms. The highest BCUT2D eigenvalue weighted by atomic mass is 35.5.